The fourth-order valence-electron chi connectivity index (χ4n) is 3.84. The van der Waals surface area contributed by atoms with Crippen LogP contribution in [-0.2, 0) is 0 Å². The van der Waals surface area contributed by atoms with Crippen LogP contribution in [0.2, 0.25) is 0 Å². The molecule has 4 heteroatoms. The number of fused-ring (bicyclic) bond motifs is 1. The van der Waals surface area contributed by atoms with Crippen molar-refractivity contribution in [3.8, 4) is 17.2 Å². The number of likely N-dealkylation sites (tertiary alicyclic amines) is 1. The molecular formula is C23H21N3O. The monoisotopic (exact) mass is 355 g/mol. The van der Waals surface area contributed by atoms with Gasteiger partial charge in [-0.05, 0) is 68.1 Å². The van der Waals surface area contributed by atoms with Gasteiger partial charge in [0.15, 0.2) is 0 Å². The van der Waals surface area contributed by atoms with E-state index in [2.05, 4.69) is 18.0 Å². The van der Waals surface area contributed by atoms with Crippen LogP contribution in [0, 0.1) is 18.3 Å². The fraction of sp³-hybridized carbons (Fsp3) is 0.261. The van der Waals surface area contributed by atoms with Gasteiger partial charge in [0.05, 0.1) is 22.7 Å². The molecule has 0 N–H and O–H groups in total. The van der Waals surface area contributed by atoms with E-state index < -0.39 is 0 Å². The molecule has 4 rings (SSSR count). The summed E-state index contributed by atoms with van der Waals surface area (Å²) in [7, 11) is 0. The van der Waals surface area contributed by atoms with Gasteiger partial charge in [0.25, 0.3) is 5.91 Å². The van der Waals surface area contributed by atoms with Crippen molar-refractivity contribution in [3.63, 3.8) is 0 Å². The molecule has 1 atom stereocenters. The summed E-state index contributed by atoms with van der Waals surface area (Å²) in [6.45, 7) is 4.86. The molecule has 1 unspecified atom stereocenters. The van der Waals surface area contributed by atoms with Gasteiger partial charge in [-0.15, -0.1) is 0 Å². The smallest absolute Gasteiger partial charge is 0.254 e. The first-order valence-corrected chi connectivity index (χ1v) is 9.30. The maximum atomic E-state index is 13.2. The third-order valence-corrected chi connectivity index (χ3v) is 5.33. The second kappa shape index (κ2) is 6.85. The van der Waals surface area contributed by atoms with Gasteiger partial charge in [-0.2, -0.15) is 5.26 Å². The Bertz CT molecular complexity index is 1060. The van der Waals surface area contributed by atoms with E-state index in [0.717, 1.165) is 52.7 Å². The molecule has 0 saturated carbocycles. The maximum Gasteiger partial charge on any atom is 0.254 e. The Hall–Kier alpha value is -3.19. The van der Waals surface area contributed by atoms with Gasteiger partial charge in [0.2, 0.25) is 0 Å². The van der Waals surface area contributed by atoms with Gasteiger partial charge in [0.1, 0.15) is 0 Å². The molecule has 27 heavy (non-hydrogen) atoms. The van der Waals surface area contributed by atoms with Crippen molar-refractivity contribution in [2.24, 2.45) is 0 Å². The van der Waals surface area contributed by atoms with E-state index in [1.807, 2.05) is 60.4 Å². The van der Waals surface area contributed by atoms with E-state index >= 15 is 0 Å². The number of aryl methyl sites for hydroxylation is 1. The predicted molar refractivity (Wildman–Crippen MR) is 106 cm³/mol. The van der Waals surface area contributed by atoms with E-state index in [9.17, 15) is 4.79 Å². The molecule has 1 saturated heterocycles. The quantitative estimate of drug-likeness (QED) is 0.669. The molecule has 2 heterocycles. The summed E-state index contributed by atoms with van der Waals surface area (Å²) < 4.78 is 0. The van der Waals surface area contributed by atoms with E-state index in [1.54, 1.807) is 0 Å². The number of rotatable bonds is 2. The Balaban J connectivity index is 1.83. The number of pyridine rings is 1. The maximum absolute atomic E-state index is 13.2. The molecule has 1 aromatic heterocycles. The second-order valence-electron chi connectivity index (χ2n) is 7.22. The number of benzene rings is 2. The number of carbonyl (C=O) groups is 1. The van der Waals surface area contributed by atoms with Crippen molar-refractivity contribution in [1.82, 2.24) is 9.88 Å². The third-order valence-electron chi connectivity index (χ3n) is 5.33. The molecule has 0 aliphatic carbocycles. The minimum Gasteiger partial charge on any atom is -0.336 e. The Morgan fingerprint density at radius 2 is 1.89 bits per heavy atom. The zero-order valence-electron chi connectivity index (χ0n) is 15.6. The molecule has 0 spiro atoms. The lowest BCUT2D eigenvalue weighted by molar-refractivity contribution is 0.0749. The van der Waals surface area contributed by atoms with Gasteiger partial charge in [-0.3, -0.25) is 9.78 Å². The Morgan fingerprint density at radius 3 is 2.56 bits per heavy atom. The van der Waals surface area contributed by atoms with E-state index in [-0.39, 0.29) is 11.9 Å². The van der Waals surface area contributed by atoms with Crippen LogP contribution in [0.4, 0.5) is 0 Å². The van der Waals surface area contributed by atoms with Gasteiger partial charge >= 0.3 is 0 Å². The highest BCUT2D eigenvalue weighted by Gasteiger charge is 2.27. The van der Waals surface area contributed by atoms with Crippen LogP contribution in [-0.4, -0.2) is 28.4 Å². The van der Waals surface area contributed by atoms with Crippen LogP contribution in [0.25, 0.3) is 22.0 Å². The Labute approximate surface area is 159 Å². The predicted octanol–water partition coefficient (Wildman–Crippen LogP) is 4.71. The van der Waals surface area contributed by atoms with Crippen molar-refractivity contribution in [1.29, 1.82) is 5.26 Å². The molecule has 0 radical (unpaired) electrons. The average Bonchev–Trinajstić information content (AvgIpc) is 3.12. The Kier molecular flexibility index (Phi) is 4.37. The average molecular weight is 355 g/mol. The first-order chi connectivity index (χ1) is 13.1. The standard InChI is InChI=1S/C23H21N3O/c1-15-12-21(23(27)26-11-3-4-16(26)2)20-13-19(9-10-22(20)25-15)18-7-5-17(14-24)6-8-18/h5-10,12-13,16H,3-4,11H2,1-2H3. The molecule has 0 bridgehead atoms. The van der Waals surface area contributed by atoms with Crippen molar-refractivity contribution < 1.29 is 4.79 Å². The molecule has 1 aliphatic rings. The van der Waals surface area contributed by atoms with E-state index in [0.29, 0.717) is 5.56 Å². The zero-order valence-corrected chi connectivity index (χ0v) is 15.6. The normalized spacial score (nSPS) is 16.5. The molecule has 134 valence electrons. The number of nitrogens with zero attached hydrogens (tertiary/aromatic N) is 3. The van der Waals surface area contributed by atoms with Crippen molar-refractivity contribution in [2.75, 3.05) is 6.54 Å². The number of nitriles is 1. The lowest BCUT2D eigenvalue weighted by Gasteiger charge is -2.22. The summed E-state index contributed by atoms with van der Waals surface area (Å²) in [5.74, 6) is 0.0903. The third kappa shape index (κ3) is 3.17. The highest BCUT2D eigenvalue weighted by molar-refractivity contribution is 6.07. The first kappa shape index (κ1) is 17.2. The molecule has 4 nitrogen and oxygen atoms in total. The van der Waals surface area contributed by atoms with Gasteiger partial charge in [0, 0.05) is 23.7 Å². The second-order valence-corrected chi connectivity index (χ2v) is 7.22. The summed E-state index contributed by atoms with van der Waals surface area (Å²) in [5.41, 5.74) is 5.08. The number of amides is 1. The number of hydrogen-bond donors (Lipinski definition) is 0. The number of hydrogen-bond acceptors (Lipinski definition) is 3. The Morgan fingerprint density at radius 1 is 1.15 bits per heavy atom. The lowest BCUT2D eigenvalue weighted by Crippen LogP contribution is -2.33. The van der Waals surface area contributed by atoms with Crippen LogP contribution in [0.3, 0.4) is 0 Å². The largest absolute Gasteiger partial charge is 0.336 e. The van der Waals surface area contributed by atoms with E-state index in [4.69, 9.17) is 5.26 Å². The fourth-order valence-corrected chi connectivity index (χ4v) is 3.84. The van der Waals surface area contributed by atoms with Crippen LogP contribution in [0.5, 0.6) is 0 Å². The van der Waals surface area contributed by atoms with Crippen LogP contribution in [0.15, 0.2) is 48.5 Å². The zero-order chi connectivity index (χ0) is 19.0. The molecule has 1 amide bonds. The van der Waals surface area contributed by atoms with Crippen molar-refractivity contribution in [3.05, 3.63) is 65.4 Å². The minimum atomic E-state index is 0.0903. The van der Waals surface area contributed by atoms with Gasteiger partial charge < -0.3 is 4.90 Å². The van der Waals surface area contributed by atoms with Crippen molar-refractivity contribution >= 4 is 16.8 Å². The van der Waals surface area contributed by atoms with E-state index in [1.165, 1.54) is 0 Å². The first-order valence-electron chi connectivity index (χ1n) is 9.30. The number of carbonyl (C=O) groups excluding carboxylic acids is 1. The summed E-state index contributed by atoms with van der Waals surface area (Å²) in [6.07, 6.45) is 2.12. The molecule has 3 aromatic rings. The lowest BCUT2D eigenvalue weighted by atomic mass is 9.99. The highest BCUT2D eigenvalue weighted by Crippen LogP contribution is 2.29. The highest BCUT2D eigenvalue weighted by atomic mass is 16.2. The van der Waals surface area contributed by atoms with Crippen molar-refractivity contribution in [2.45, 2.75) is 32.7 Å². The summed E-state index contributed by atoms with van der Waals surface area (Å²) in [4.78, 5) is 19.8. The summed E-state index contributed by atoms with van der Waals surface area (Å²) in [5, 5.41) is 9.87. The number of aromatic nitrogens is 1. The van der Waals surface area contributed by atoms with Crippen LogP contribution >= 0.6 is 0 Å². The van der Waals surface area contributed by atoms with Crippen LogP contribution in [0.1, 0.15) is 41.4 Å². The van der Waals surface area contributed by atoms with Crippen LogP contribution < -0.4 is 0 Å². The minimum absolute atomic E-state index is 0.0903. The molecule has 2 aromatic carbocycles. The van der Waals surface area contributed by atoms with Gasteiger partial charge in [-0.25, -0.2) is 0 Å². The molecule has 1 fully saturated rings. The van der Waals surface area contributed by atoms with Gasteiger partial charge in [-0.1, -0.05) is 18.2 Å². The SMILES string of the molecule is Cc1cc(C(=O)N2CCCC2C)c2cc(-c3ccc(C#N)cc3)ccc2n1. The summed E-state index contributed by atoms with van der Waals surface area (Å²) >= 11 is 0. The topological polar surface area (TPSA) is 57.0 Å². The molecular weight excluding hydrogens is 334 g/mol. The summed E-state index contributed by atoms with van der Waals surface area (Å²) in [6, 6.07) is 17.8. The molecule has 1 aliphatic heterocycles.